The maximum Gasteiger partial charge on any atom is 0.253 e. The number of rotatable bonds is 1. The highest BCUT2D eigenvalue weighted by molar-refractivity contribution is 5.98. The van der Waals surface area contributed by atoms with Gasteiger partial charge >= 0.3 is 0 Å². The number of anilines is 1. The second-order valence-electron chi connectivity index (χ2n) is 6.60. The Morgan fingerprint density at radius 2 is 2.00 bits per heavy atom. The minimum atomic E-state index is 0.0567. The van der Waals surface area contributed by atoms with Crippen LogP contribution in [0.25, 0.3) is 0 Å². The fraction of sp³-hybridized carbons (Fsp3) is 0.529. The molecule has 0 saturated carbocycles. The predicted molar refractivity (Wildman–Crippen MR) is 83.9 cm³/mol. The van der Waals surface area contributed by atoms with Crippen LogP contribution in [-0.2, 0) is 11.2 Å². The van der Waals surface area contributed by atoms with Crippen LogP contribution in [0.3, 0.4) is 0 Å². The minimum Gasteiger partial charge on any atom is -0.337 e. The molecule has 2 saturated heterocycles. The molecule has 4 rings (SSSR count). The van der Waals surface area contributed by atoms with Crippen molar-refractivity contribution in [3.05, 3.63) is 29.3 Å². The highest BCUT2D eigenvalue weighted by Gasteiger charge is 2.31. The molecule has 3 aliphatic rings. The van der Waals surface area contributed by atoms with Crippen LogP contribution in [0.2, 0.25) is 0 Å². The van der Waals surface area contributed by atoms with E-state index in [1.807, 2.05) is 23.1 Å². The molecule has 116 valence electrons. The van der Waals surface area contributed by atoms with Gasteiger partial charge in [-0.15, -0.1) is 0 Å². The average Bonchev–Trinajstić information content (AvgIpc) is 2.85. The zero-order valence-corrected chi connectivity index (χ0v) is 12.6. The summed E-state index contributed by atoms with van der Waals surface area (Å²) in [5.74, 6) is 0.176. The van der Waals surface area contributed by atoms with Crippen molar-refractivity contribution in [2.24, 2.45) is 0 Å². The molecule has 0 spiro atoms. The first kappa shape index (κ1) is 13.8. The summed E-state index contributed by atoms with van der Waals surface area (Å²) in [6.45, 7) is 1.64. The molecule has 2 amide bonds. The number of carbonyl (C=O) groups excluding carboxylic acids is 2. The Morgan fingerprint density at radius 1 is 1.14 bits per heavy atom. The molecule has 2 unspecified atom stereocenters. The standard InChI is InChI=1S/C17H21N3O2/c21-16-6-2-11-9-12(1-5-15(11)19-16)17(22)20-8-7-13-3-4-14(10-20)18-13/h1,5,9,13-14,18H,2-4,6-8,10H2,(H,19,21). The van der Waals surface area contributed by atoms with Crippen molar-refractivity contribution in [1.29, 1.82) is 0 Å². The fourth-order valence-electron chi connectivity index (χ4n) is 3.83. The van der Waals surface area contributed by atoms with Crippen molar-refractivity contribution in [1.82, 2.24) is 10.2 Å². The Morgan fingerprint density at radius 3 is 2.91 bits per heavy atom. The third-order valence-electron chi connectivity index (χ3n) is 5.06. The SMILES string of the molecule is O=C1CCc2cc(C(=O)N3CCC4CCC(C3)N4)ccc2N1. The van der Waals surface area contributed by atoms with Crippen LogP contribution in [0.5, 0.6) is 0 Å². The molecule has 2 fully saturated rings. The smallest absolute Gasteiger partial charge is 0.253 e. The van der Waals surface area contributed by atoms with Gasteiger partial charge in [0.15, 0.2) is 0 Å². The van der Waals surface area contributed by atoms with Gasteiger partial charge in [-0.2, -0.15) is 0 Å². The number of fused-ring (bicyclic) bond motifs is 3. The Balaban J connectivity index is 1.54. The summed E-state index contributed by atoms with van der Waals surface area (Å²) in [7, 11) is 0. The van der Waals surface area contributed by atoms with Crippen LogP contribution in [0.4, 0.5) is 5.69 Å². The lowest BCUT2D eigenvalue weighted by Crippen LogP contribution is -2.39. The molecule has 5 heteroatoms. The quantitative estimate of drug-likeness (QED) is 0.827. The van der Waals surface area contributed by atoms with E-state index in [-0.39, 0.29) is 11.8 Å². The highest BCUT2D eigenvalue weighted by atomic mass is 16.2. The lowest BCUT2D eigenvalue weighted by Gasteiger charge is -2.25. The Kier molecular flexibility index (Phi) is 3.37. The Bertz CT molecular complexity index is 628. The summed E-state index contributed by atoms with van der Waals surface area (Å²) in [6.07, 6.45) is 4.68. The first-order valence-electron chi connectivity index (χ1n) is 8.17. The van der Waals surface area contributed by atoms with Gasteiger partial charge < -0.3 is 15.5 Å². The van der Waals surface area contributed by atoms with Gasteiger partial charge in [0.05, 0.1) is 0 Å². The van der Waals surface area contributed by atoms with E-state index >= 15 is 0 Å². The van der Waals surface area contributed by atoms with Crippen LogP contribution in [0, 0.1) is 0 Å². The molecule has 2 bridgehead atoms. The largest absolute Gasteiger partial charge is 0.337 e. The first-order chi connectivity index (χ1) is 10.7. The van der Waals surface area contributed by atoms with E-state index in [9.17, 15) is 9.59 Å². The average molecular weight is 299 g/mol. The summed E-state index contributed by atoms with van der Waals surface area (Å²) >= 11 is 0. The number of hydrogen-bond acceptors (Lipinski definition) is 3. The molecular weight excluding hydrogens is 278 g/mol. The zero-order valence-electron chi connectivity index (χ0n) is 12.6. The second-order valence-corrected chi connectivity index (χ2v) is 6.60. The molecule has 2 atom stereocenters. The number of benzene rings is 1. The van der Waals surface area contributed by atoms with Crippen LogP contribution in [0.1, 0.15) is 41.6 Å². The molecule has 0 aromatic heterocycles. The maximum atomic E-state index is 12.8. The first-order valence-corrected chi connectivity index (χ1v) is 8.17. The van der Waals surface area contributed by atoms with E-state index in [2.05, 4.69) is 10.6 Å². The second kappa shape index (κ2) is 5.39. The molecule has 3 heterocycles. The number of hydrogen-bond donors (Lipinski definition) is 2. The summed E-state index contributed by atoms with van der Waals surface area (Å²) in [6, 6.07) is 6.69. The van der Waals surface area contributed by atoms with Gasteiger partial charge in [-0.25, -0.2) is 0 Å². The van der Waals surface area contributed by atoms with Gasteiger partial charge in [-0.05, 0) is 49.4 Å². The number of carbonyl (C=O) groups is 2. The van der Waals surface area contributed by atoms with E-state index < -0.39 is 0 Å². The van der Waals surface area contributed by atoms with E-state index in [0.29, 0.717) is 24.9 Å². The summed E-state index contributed by atoms with van der Waals surface area (Å²) in [5.41, 5.74) is 2.66. The topological polar surface area (TPSA) is 61.4 Å². The molecule has 22 heavy (non-hydrogen) atoms. The molecule has 1 aromatic carbocycles. The molecule has 1 aromatic rings. The molecule has 5 nitrogen and oxygen atoms in total. The van der Waals surface area contributed by atoms with Crippen molar-refractivity contribution in [2.75, 3.05) is 18.4 Å². The van der Waals surface area contributed by atoms with Gasteiger partial charge in [0.2, 0.25) is 5.91 Å². The summed E-state index contributed by atoms with van der Waals surface area (Å²) in [4.78, 5) is 26.2. The number of aryl methyl sites for hydroxylation is 1. The van der Waals surface area contributed by atoms with E-state index in [0.717, 1.165) is 36.3 Å². The Hall–Kier alpha value is -1.88. The molecular formula is C17H21N3O2. The zero-order chi connectivity index (χ0) is 15.1. The monoisotopic (exact) mass is 299 g/mol. The van der Waals surface area contributed by atoms with E-state index in [1.165, 1.54) is 12.8 Å². The third-order valence-corrected chi connectivity index (χ3v) is 5.06. The van der Waals surface area contributed by atoms with E-state index in [4.69, 9.17) is 0 Å². The predicted octanol–water partition coefficient (Wildman–Crippen LogP) is 1.54. The van der Waals surface area contributed by atoms with Crippen molar-refractivity contribution in [2.45, 2.75) is 44.2 Å². The molecule has 2 N–H and O–H groups in total. The van der Waals surface area contributed by atoms with Gasteiger partial charge in [-0.3, -0.25) is 9.59 Å². The molecule has 0 radical (unpaired) electrons. The minimum absolute atomic E-state index is 0.0567. The summed E-state index contributed by atoms with van der Waals surface area (Å²) < 4.78 is 0. The highest BCUT2D eigenvalue weighted by Crippen LogP contribution is 2.26. The lowest BCUT2D eigenvalue weighted by molar-refractivity contribution is -0.116. The lowest BCUT2D eigenvalue weighted by atomic mass is 9.99. The van der Waals surface area contributed by atoms with Gasteiger partial charge in [0, 0.05) is 42.8 Å². The number of amides is 2. The normalized spacial score (nSPS) is 27.1. The van der Waals surface area contributed by atoms with Gasteiger partial charge in [0.25, 0.3) is 5.91 Å². The van der Waals surface area contributed by atoms with E-state index in [1.54, 1.807) is 0 Å². The Labute approximate surface area is 130 Å². The number of nitrogens with one attached hydrogen (secondary N) is 2. The van der Waals surface area contributed by atoms with Crippen molar-refractivity contribution < 1.29 is 9.59 Å². The third kappa shape index (κ3) is 2.50. The fourth-order valence-corrected chi connectivity index (χ4v) is 3.83. The van der Waals surface area contributed by atoms with Crippen LogP contribution < -0.4 is 10.6 Å². The molecule has 3 aliphatic heterocycles. The van der Waals surface area contributed by atoms with Crippen molar-refractivity contribution in [3.63, 3.8) is 0 Å². The van der Waals surface area contributed by atoms with Crippen molar-refractivity contribution >= 4 is 17.5 Å². The summed E-state index contributed by atoms with van der Waals surface area (Å²) in [5, 5.41) is 6.47. The van der Waals surface area contributed by atoms with Crippen LogP contribution in [-0.4, -0.2) is 41.9 Å². The maximum absolute atomic E-state index is 12.8. The van der Waals surface area contributed by atoms with Gasteiger partial charge in [0.1, 0.15) is 0 Å². The number of likely N-dealkylation sites (tertiary alicyclic amines) is 1. The van der Waals surface area contributed by atoms with Crippen LogP contribution >= 0.6 is 0 Å². The van der Waals surface area contributed by atoms with Gasteiger partial charge in [-0.1, -0.05) is 0 Å². The van der Waals surface area contributed by atoms with Crippen molar-refractivity contribution in [3.8, 4) is 0 Å². The molecule has 0 aliphatic carbocycles. The van der Waals surface area contributed by atoms with Crippen LogP contribution in [0.15, 0.2) is 18.2 Å². The number of nitrogens with zero attached hydrogens (tertiary/aromatic N) is 1.